The summed E-state index contributed by atoms with van der Waals surface area (Å²) in [5.74, 6) is 0.104. The van der Waals surface area contributed by atoms with Gasteiger partial charge in [-0.05, 0) is 12.1 Å². The molecule has 0 radical (unpaired) electrons. The van der Waals surface area contributed by atoms with Crippen LogP contribution in [-0.4, -0.2) is 26.3 Å². The first-order valence-corrected chi connectivity index (χ1v) is 7.28. The van der Waals surface area contributed by atoms with Crippen LogP contribution in [0.3, 0.4) is 0 Å². The Morgan fingerprint density at radius 2 is 2.04 bits per heavy atom. The minimum absolute atomic E-state index is 0.00986. The largest absolute Gasteiger partial charge is 0.454 e. The van der Waals surface area contributed by atoms with Gasteiger partial charge in [-0.2, -0.15) is 5.10 Å². The van der Waals surface area contributed by atoms with E-state index in [2.05, 4.69) is 20.3 Å². The van der Waals surface area contributed by atoms with Gasteiger partial charge in [0, 0.05) is 17.8 Å². The topological polar surface area (TPSA) is 93.9 Å². The van der Waals surface area contributed by atoms with Crippen LogP contribution < -0.4 is 0 Å². The fourth-order valence-electron chi connectivity index (χ4n) is 2.34. The maximum atomic E-state index is 12.2. The van der Waals surface area contributed by atoms with Gasteiger partial charge in [0.05, 0.1) is 5.39 Å². The molecule has 3 heterocycles. The molecule has 7 nitrogen and oxygen atoms in total. The summed E-state index contributed by atoms with van der Waals surface area (Å²) in [5, 5.41) is 11.2. The van der Waals surface area contributed by atoms with Crippen molar-refractivity contribution in [2.24, 2.45) is 0 Å². The number of aromatic nitrogens is 4. The van der Waals surface area contributed by atoms with Crippen LogP contribution in [0.15, 0.2) is 59.3 Å². The number of esters is 1. The number of nitrogens with zero attached hydrogens (tertiary/aromatic N) is 3. The van der Waals surface area contributed by atoms with Crippen molar-refractivity contribution in [3.63, 3.8) is 0 Å². The number of carbonyl (C=O) groups is 1. The summed E-state index contributed by atoms with van der Waals surface area (Å²) in [6, 6.07) is 14.8. The molecule has 4 rings (SSSR count). The molecule has 0 atom stereocenters. The number of pyridine rings is 1. The third kappa shape index (κ3) is 2.63. The SMILES string of the molecule is O=C(OCc1cc(-c2ccccc2)on1)c1[nH]nc2ncccc12. The van der Waals surface area contributed by atoms with Crippen molar-refractivity contribution in [2.45, 2.75) is 6.61 Å². The van der Waals surface area contributed by atoms with Crippen LogP contribution in [0.25, 0.3) is 22.4 Å². The maximum Gasteiger partial charge on any atom is 0.357 e. The number of carbonyl (C=O) groups excluding carboxylic acids is 1. The van der Waals surface area contributed by atoms with Gasteiger partial charge in [0.1, 0.15) is 12.3 Å². The van der Waals surface area contributed by atoms with E-state index in [-0.39, 0.29) is 12.3 Å². The zero-order valence-corrected chi connectivity index (χ0v) is 12.5. The first kappa shape index (κ1) is 14.1. The average Bonchev–Trinajstić information content (AvgIpc) is 3.27. The van der Waals surface area contributed by atoms with Crippen molar-refractivity contribution < 1.29 is 14.1 Å². The fourth-order valence-corrected chi connectivity index (χ4v) is 2.34. The van der Waals surface area contributed by atoms with Crippen LogP contribution in [-0.2, 0) is 11.3 Å². The Kier molecular flexibility index (Phi) is 3.51. The van der Waals surface area contributed by atoms with Gasteiger partial charge in [0.2, 0.25) is 0 Å². The highest BCUT2D eigenvalue weighted by Gasteiger charge is 2.16. The van der Waals surface area contributed by atoms with Crippen LogP contribution in [0.5, 0.6) is 0 Å². The number of benzene rings is 1. The molecule has 0 aliphatic rings. The Morgan fingerprint density at radius 1 is 1.17 bits per heavy atom. The third-order valence-electron chi connectivity index (χ3n) is 3.50. The number of H-pyrrole nitrogens is 1. The smallest absolute Gasteiger partial charge is 0.357 e. The zero-order chi connectivity index (χ0) is 16.4. The molecule has 0 spiro atoms. The monoisotopic (exact) mass is 320 g/mol. The first-order chi connectivity index (χ1) is 11.8. The number of aromatic amines is 1. The summed E-state index contributed by atoms with van der Waals surface area (Å²) >= 11 is 0. The molecular weight excluding hydrogens is 308 g/mol. The molecule has 0 saturated heterocycles. The standard InChI is InChI=1S/C17H12N4O3/c22-17(15-13-7-4-8-18-16(13)20-19-15)23-10-12-9-14(24-21-12)11-5-2-1-3-6-11/h1-9H,10H2,(H,18,19,20). The Labute approximate surface area is 136 Å². The van der Waals surface area contributed by atoms with Crippen LogP contribution >= 0.6 is 0 Å². The van der Waals surface area contributed by atoms with E-state index >= 15 is 0 Å². The summed E-state index contributed by atoms with van der Waals surface area (Å²) in [4.78, 5) is 16.3. The van der Waals surface area contributed by atoms with E-state index in [4.69, 9.17) is 9.26 Å². The molecule has 0 unspecified atom stereocenters. The molecular formula is C17H12N4O3. The molecule has 0 aliphatic carbocycles. The molecule has 1 N–H and O–H groups in total. The van der Waals surface area contributed by atoms with Gasteiger partial charge in [-0.1, -0.05) is 35.5 Å². The summed E-state index contributed by atoms with van der Waals surface area (Å²) in [5.41, 5.74) is 2.18. The van der Waals surface area contributed by atoms with Gasteiger partial charge in [-0.15, -0.1) is 0 Å². The molecule has 1 aromatic carbocycles. The van der Waals surface area contributed by atoms with Crippen molar-refractivity contribution in [2.75, 3.05) is 0 Å². The lowest BCUT2D eigenvalue weighted by atomic mass is 10.2. The number of rotatable bonds is 4. The summed E-state index contributed by atoms with van der Waals surface area (Å²) in [7, 11) is 0. The zero-order valence-electron chi connectivity index (χ0n) is 12.5. The molecule has 0 fully saturated rings. The predicted molar refractivity (Wildman–Crippen MR) is 84.9 cm³/mol. The highest BCUT2D eigenvalue weighted by molar-refractivity contribution is 6.00. The molecule has 118 valence electrons. The maximum absolute atomic E-state index is 12.2. The van der Waals surface area contributed by atoms with Crippen LogP contribution in [0.2, 0.25) is 0 Å². The van der Waals surface area contributed by atoms with Gasteiger partial charge in [0.15, 0.2) is 17.1 Å². The van der Waals surface area contributed by atoms with Crippen molar-refractivity contribution in [1.82, 2.24) is 20.3 Å². The quantitative estimate of drug-likeness (QED) is 0.581. The second kappa shape index (κ2) is 5.96. The van der Waals surface area contributed by atoms with Gasteiger partial charge in [0.25, 0.3) is 0 Å². The average molecular weight is 320 g/mol. The minimum Gasteiger partial charge on any atom is -0.454 e. The Balaban J connectivity index is 1.47. The van der Waals surface area contributed by atoms with Gasteiger partial charge in [-0.3, -0.25) is 5.10 Å². The lowest BCUT2D eigenvalue weighted by Gasteiger charge is -2.00. The lowest BCUT2D eigenvalue weighted by Crippen LogP contribution is -2.06. The van der Waals surface area contributed by atoms with Crippen LogP contribution in [0.1, 0.15) is 16.2 Å². The summed E-state index contributed by atoms with van der Waals surface area (Å²) in [6.07, 6.45) is 1.61. The van der Waals surface area contributed by atoms with Crippen LogP contribution in [0, 0.1) is 0 Å². The highest BCUT2D eigenvalue weighted by atomic mass is 16.5. The molecule has 3 aromatic heterocycles. The van der Waals surface area contributed by atoms with E-state index in [1.54, 1.807) is 24.4 Å². The number of fused-ring (bicyclic) bond motifs is 1. The predicted octanol–water partition coefficient (Wildman–Crippen LogP) is 2.97. The molecule has 24 heavy (non-hydrogen) atoms. The van der Waals surface area contributed by atoms with E-state index in [1.165, 1.54) is 0 Å². The molecule has 4 aromatic rings. The molecule has 0 bridgehead atoms. The minimum atomic E-state index is -0.519. The van der Waals surface area contributed by atoms with E-state index in [9.17, 15) is 4.79 Å². The molecule has 7 heteroatoms. The fraction of sp³-hybridized carbons (Fsp3) is 0.0588. The molecule has 0 saturated carbocycles. The van der Waals surface area contributed by atoms with Crippen molar-refractivity contribution >= 4 is 17.0 Å². The highest BCUT2D eigenvalue weighted by Crippen LogP contribution is 2.20. The van der Waals surface area contributed by atoms with Crippen molar-refractivity contribution in [3.05, 3.63) is 66.1 Å². The van der Waals surface area contributed by atoms with E-state index < -0.39 is 5.97 Å². The van der Waals surface area contributed by atoms with Crippen LogP contribution in [0.4, 0.5) is 0 Å². The number of nitrogens with one attached hydrogen (secondary N) is 1. The Morgan fingerprint density at radius 3 is 2.92 bits per heavy atom. The third-order valence-corrected chi connectivity index (χ3v) is 3.50. The summed E-state index contributed by atoms with van der Waals surface area (Å²) in [6.45, 7) is 0.00986. The van der Waals surface area contributed by atoms with Gasteiger partial charge in [-0.25, -0.2) is 9.78 Å². The molecule has 0 aliphatic heterocycles. The van der Waals surface area contributed by atoms with E-state index in [1.807, 2.05) is 30.3 Å². The van der Waals surface area contributed by atoms with Gasteiger partial charge >= 0.3 is 5.97 Å². The lowest BCUT2D eigenvalue weighted by molar-refractivity contribution is 0.0459. The summed E-state index contributed by atoms with van der Waals surface area (Å²) < 4.78 is 10.5. The second-order valence-corrected chi connectivity index (χ2v) is 5.10. The van der Waals surface area contributed by atoms with E-state index in [0.29, 0.717) is 22.5 Å². The van der Waals surface area contributed by atoms with Gasteiger partial charge < -0.3 is 9.26 Å². The van der Waals surface area contributed by atoms with Crippen molar-refractivity contribution in [1.29, 1.82) is 0 Å². The number of ether oxygens (including phenoxy) is 1. The Bertz CT molecular complexity index is 991. The van der Waals surface area contributed by atoms with E-state index in [0.717, 1.165) is 5.56 Å². The number of hydrogen-bond donors (Lipinski definition) is 1. The Hall–Kier alpha value is -3.48. The second-order valence-electron chi connectivity index (χ2n) is 5.10. The first-order valence-electron chi connectivity index (χ1n) is 7.28. The molecule has 0 amide bonds. The number of hydrogen-bond acceptors (Lipinski definition) is 6. The normalized spacial score (nSPS) is 10.8. The van der Waals surface area contributed by atoms with Crippen molar-refractivity contribution in [3.8, 4) is 11.3 Å².